The van der Waals surface area contributed by atoms with Gasteiger partial charge in [0, 0.05) is 25.6 Å². The van der Waals surface area contributed by atoms with Crippen LogP contribution in [0.15, 0.2) is 0 Å². The topological polar surface area (TPSA) is 32.3 Å². The lowest BCUT2D eigenvalue weighted by atomic mass is 9.80. The number of nitrogens with zero attached hydrogens (tertiary/aromatic N) is 1. The predicted octanol–water partition coefficient (Wildman–Crippen LogP) is 3.05. The molecule has 1 rings (SSSR count). The lowest BCUT2D eigenvalue weighted by Gasteiger charge is -2.31. The summed E-state index contributed by atoms with van der Waals surface area (Å²) in [7, 11) is 0. The van der Waals surface area contributed by atoms with Crippen molar-refractivity contribution in [2.24, 2.45) is 11.3 Å². The Hall–Kier alpha value is -0.570. The molecule has 1 heterocycles. The molecule has 0 saturated carbocycles. The Kier molecular flexibility index (Phi) is 6.31. The number of rotatable bonds is 6. The van der Waals surface area contributed by atoms with Crippen molar-refractivity contribution in [3.63, 3.8) is 0 Å². The Balaban J connectivity index is 2.51. The minimum atomic E-state index is 0.207. The predicted molar refractivity (Wildman–Crippen MR) is 81.1 cm³/mol. The summed E-state index contributed by atoms with van der Waals surface area (Å²) in [6.07, 6.45) is 4.18. The molecule has 1 N–H and O–H groups in total. The van der Waals surface area contributed by atoms with E-state index in [1.165, 1.54) is 12.8 Å². The summed E-state index contributed by atoms with van der Waals surface area (Å²) in [4.78, 5) is 14.6. The molecule has 0 radical (unpaired) electrons. The Morgan fingerprint density at radius 3 is 2.58 bits per heavy atom. The average Bonchev–Trinajstić information content (AvgIpc) is 2.79. The van der Waals surface area contributed by atoms with Crippen LogP contribution in [0.5, 0.6) is 0 Å². The third-order valence-electron chi connectivity index (χ3n) is 4.41. The number of carbonyl (C=O) groups excluding carboxylic acids is 1. The second-order valence-corrected chi connectivity index (χ2v) is 7.10. The van der Waals surface area contributed by atoms with E-state index in [2.05, 4.69) is 44.8 Å². The highest BCUT2D eigenvalue weighted by Gasteiger charge is 2.26. The molecule has 1 aliphatic heterocycles. The minimum absolute atomic E-state index is 0.207. The Morgan fingerprint density at radius 2 is 2.11 bits per heavy atom. The fourth-order valence-corrected chi connectivity index (χ4v) is 2.46. The van der Waals surface area contributed by atoms with E-state index in [4.69, 9.17) is 0 Å². The zero-order valence-corrected chi connectivity index (χ0v) is 13.5. The third-order valence-corrected chi connectivity index (χ3v) is 4.41. The van der Waals surface area contributed by atoms with E-state index in [9.17, 15) is 4.79 Å². The SMILES string of the molecule is CCCN(CC1CCCN1)C(=O)CC(C)C(C)(C)C. The summed E-state index contributed by atoms with van der Waals surface area (Å²) in [6.45, 7) is 13.9. The molecule has 1 fully saturated rings. The highest BCUT2D eigenvalue weighted by molar-refractivity contribution is 5.76. The van der Waals surface area contributed by atoms with Crippen LogP contribution >= 0.6 is 0 Å². The normalized spacial score (nSPS) is 21.4. The van der Waals surface area contributed by atoms with Gasteiger partial charge in [-0.15, -0.1) is 0 Å². The van der Waals surface area contributed by atoms with Crippen molar-refractivity contribution in [3.8, 4) is 0 Å². The van der Waals surface area contributed by atoms with Crippen LogP contribution in [0, 0.1) is 11.3 Å². The van der Waals surface area contributed by atoms with Gasteiger partial charge >= 0.3 is 0 Å². The van der Waals surface area contributed by atoms with Crippen LogP contribution in [-0.2, 0) is 4.79 Å². The first-order chi connectivity index (χ1) is 8.84. The van der Waals surface area contributed by atoms with Crippen LogP contribution in [0.3, 0.4) is 0 Å². The molecule has 2 unspecified atom stereocenters. The average molecular weight is 268 g/mol. The third kappa shape index (κ3) is 5.52. The van der Waals surface area contributed by atoms with E-state index in [0.29, 0.717) is 24.3 Å². The Bertz CT molecular complexity index is 277. The lowest BCUT2D eigenvalue weighted by Crippen LogP contribution is -2.42. The molecule has 0 aromatic rings. The van der Waals surface area contributed by atoms with Gasteiger partial charge in [-0.3, -0.25) is 4.79 Å². The molecule has 0 bridgehead atoms. The summed E-state index contributed by atoms with van der Waals surface area (Å²) in [5.74, 6) is 0.758. The van der Waals surface area contributed by atoms with Gasteiger partial charge in [0.1, 0.15) is 0 Å². The maximum Gasteiger partial charge on any atom is 0.222 e. The maximum absolute atomic E-state index is 12.5. The first-order valence-corrected chi connectivity index (χ1v) is 7.85. The number of hydrogen-bond acceptors (Lipinski definition) is 2. The Morgan fingerprint density at radius 1 is 1.42 bits per heavy atom. The van der Waals surface area contributed by atoms with Gasteiger partial charge in [-0.2, -0.15) is 0 Å². The molecule has 1 amide bonds. The summed E-state index contributed by atoms with van der Waals surface area (Å²) in [6, 6.07) is 0.514. The fourth-order valence-electron chi connectivity index (χ4n) is 2.46. The summed E-state index contributed by atoms with van der Waals surface area (Å²) >= 11 is 0. The number of carbonyl (C=O) groups is 1. The maximum atomic E-state index is 12.5. The standard InChI is InChI=1S/C16H32N2O/c1-6-10-18(12-14-8-7-9-17-14)15(19)11-13(2)16(3,4)5/h13-14,17H,6-12H2,1-5H3. The molecule has 1 aliphatic rings. The van der Waals surface area contributed by atoms with E-state index < -0.39 is 0 Å². The highest BCUT2D eigenvalue weighted by Crippen LogP contribution is 2.28. The van der Waals surface area contributed by atoms with Crippen molar-refractivity contribution in [1.29, 1.82) is 0 Å². The van der Waals surface area contributed by atoms with Crippen molar-refractivity contribution in [1.82, 2.24) is 10.2 Å². The number of amides is 1. The molecule has 0 spiro atoms. The van der Waals surface area contributed by atoms with E-state index in [1.807, 2.05) is 0 Å². The van der Waals surface area contributed by atoms with Gasteiger partial charge in [0.15, 0.2) is 0 Å². The van der Waals surface area contributed by atoms with Crippen LogP contribution in [0.25, 0.3) is 0 Å². The molecule has 112 valence electrons. The van der Waals surface area contributed by atoms with E-state index in [1.54, 1.807) is 0 Å². The van der Waals surface area contributed by atoms with Gasteiger partial charge in [0.05, 0.1) is 0 Å². The quantitative estimate of drug-likeness (QED) is 0.803. The molecule has 1 saturated heterocycles. The zero-order valence-electron chi connectivity index (χ0n) is 13.5. The van der Waals surface area contributed by atoms with Crippen LogP contribution in [0.2, 0.25) is 0 Å². The van der Waals surface area contributed by atoms with Crippen molar-refractivity contribution in [2.45, 2.75) is 66.3 Å². The van der Waals surface area contributed by atoms with Crippen molar-refractivity contribution in [2.75, 3.05) is 19.6 Å². The fraction of sp³-hybridized carbons (Fsp3) is 0.938. The lowest BCUT2D eigenvalue weighted by molar-refractivity contribution is -0.133. The van der Waals surface area contributed by atoms with Gasteiger partial charge < -0.3 is 10.2 Å². The minimum Gasteiger partial charge on any atom is -0.341 e. The first-order valence-electron chi connectivity index (χ1n) is 7.85. The van der Waals surface area contributed by atoms with Gasteiger partial charge in [-0.25, -0.2) is 0 Å². The number of hydrogen-bond donors (Lipinski definition) is 1. The molecular weight excluding hydrogens is 236 g/mol. The van der Waals surface area contributed by atoms with Crippen molar-refractivity contribution in [3.05, 3.63) is 0 Å². The van der Waals surface area contributed by atoms with Gasteiger partial charge in [-0.1, -0.05) is 34.6 Å². The van der Waals surface area contributed by atoms with Crippen LogP contribution in [-0.4, -0.2) is 36.5 Å². The van der Waals surface area contributed by atoms with Crippen LogP contribution in [0.1, 0.15) is 60.3 Å². The van der Waals surface area contributed by atoms with Crippen LogP contribution in [0.4, 0.5) is 0 Å². The van der Waals surface area contributed by atoms with Crippen LogP contribution < -0.4 is 5.32 Å². The zero-order chi connectivity index (χ0) is 14.5. The Labute approximate surface area is 119 Å². The molecule has 3 heteroatoms. The first kappa shape index (κ1) is 16.5. The van der Waals surface area contributed by atoms with E-state index in [-0.39, 0.29) is 5.41 Å². The molecule has 3 nitrogen and oxygen atoms in total. The molecule has 0 aromatic carbocycles. The monoisotopic (exact) mass is 268 g/mol. The van der Waals surface area contributed by atoms with E-state index in [0.717, 1.165) is 26.1 Å². The van der Waals surface area contributed by atoms with Crippen molar-refractivity contribution >= 4 is 5.91 Å². The molecular formula is C16H32N2O. The summed E-state index contributed by atoms with van der Waals surface area (Å²) < 4.78 is 0. The molecule has 2 atom stereocenters. The molecule has 0 aromatic heterocycles. The molecule has 0 aliphatic carbocycles. The second-order valence-electron chi connectivity index (χ2n) is 7.10. The van der Waals surface area contributed by atoms with Gasteiger partial charge in [-0.05, 0) is 37.1 Å². The highest BCUT2D eigenvalue weighted by atomic mass is 16.2. The summed E-state index contributed by atoms with van der Waals surface area (Å²) in [5, 5.41) is 3.49. The number of nitrogens with one attached hydrogen (secondary N) is 1. The molecule has 19 heavy (non-hydrogen) atoms. The van der Waals surface area contributed by atoms with Crippen molar-refractivity contribution < 1.29 is 4.79 Å². The van der Waals surface area contributed by atoms with Gasteiger partial charge in [0.2, 0.25) is 5.91 Å². The van der Waals surface area contributed by atoms with E-state index >= 15 is 0 Å². The summed E-state index contributed by atoms with van der Waals surface area (Å²) in [5.41, 5.74) is 0.207. The second kappa shape index (κ2) is 7.28. The smallest absolute Gasteiger partial charge is 0.222 e. The van der Waals surface area contributed by atoms with Gasteiger partial charge in [0.25, 0.3) is 0 Å². The largest absolute Gasteiger partial charge is 0.341 e.